The summed E-state index contributed by atoms with van der Waals surface area (Å²) in [6.07, 6.45) is 0. The molecule has 2 heteroatoms. The molecule has 1 unspecified atom stereocenters. The smallest absolute Gasteiger partial charge is 0.0409 e. The fraction of sp³-hybridized carbons (Fsp3) is 0.571. The van der Waals surface area contributed by atoms with Gasteiger partial charge < -0.3 is 5.32 Å². The molecule has 1 aromatic carbocycles. The predicted molar refractivity (Wildman–Crippen MR) is 72.1 cm³/mol. The maximum atomic E-state index is 6.08. The molecule has 0 aliphatic heterocycles. The van der Waals surface area contributed by atoms with Gasteiger partial charge in [0.15, 0.2) is 0 Å². The summed E-state index contributed by atoms with van der Waals surface area (Å²) in [5.74, 6) is 0. The van der Waals surface area contributed by atoms with E-state index >= 15 is 0 Å². The first-order valence-corrected chi connectivity index (χ1v) is 6.23. The molecular formula is C14H22ClN. The van der Waals surface area contributed by atoms with Crippen LogP contribution in [-0.2, 0) is 0 Å². The summed E-state index contributed by atoms with van der Waals surface area (Å²) in [6.45, 7) is 12.0. The molecule has 0 aliphatic carbocycles. The Morgan fingerprint density at radius 1 is 1.31 bits per heavy atom. The number of rotatable bonds is 3. The van der Waals surface area contributed by atoms with Gasteiger partial charge >= 0.3 is 0 Å². The van der Waals surface area contributed by atoms with Crippen molar-refractivity contribution in [2.24, 2.45) is 5.41 Å². The zero-order chi connectivity index (χ0) is 12.3. The SMILES string of the molecule is CCNC(c1cc(Cl)ccc1C)C(C)(C)C. The summed E-state index contributed by atoms with van der Waals surface area (Å²) >= 11 is 6.08. The van der Waals surface area contributed by atoms with Gasteiger partial charge in [0.1, 0.15) is 0 Å². The van der Waals surface area contributed by atoms with E-state index in [1.165, 1.54) is 11.1 Å². The zero-order valence-corrected chi connectivity index (χ0v) is 11.7. The van der Waals surface area contributed by atoms with E-state index in [0.29, 0.717) is 6.04 Å². The lowest BCUT2D eigenvalue weighted by Crippen LogP contribution is -2.32. The van der Waals surface area contributed by atoms with Crippen LogP contribution in [0.1, 0.15) is 44.9 Å². The minimum atomic E-state index is 0.186. The number of halogens is 1. The van der Waals surface area contributed by atoms with E-state index in [4.69, 9.17) is 11.6 Å². The monoisotopic (exact) mass is 239 g/mol. The molecule has 1 N–H and O–H groups in total. The first-order chi connectivity index (χ1) is 7.36. The minimum absolute atomic E-state index is 0.186. The molecule has 90 valence electrons. The third-order valence-electron chi connectivity index (χ3n) is 2.83. The van der Waals surface area contributed by atoms with Crippen LogP contribution in [0.15, 0.2) is 18.2 Å². The van der Waals surface area contributed by atoms with Crippen LogP contribution in [0.2, 0.25) is 5.02 Å². The van der Waals surface area contributed by atoms with Crippen LogP contribution >= 0.6 is 11.6 Å². The molecule has 1 nitrogen and oxygen atoms in total. The van der Waals surface area contributed by atoms with Crippen LogP contribution in [0.3, 0.4) is 0 Å². The Morgan fingerprint density at radius 3 is 2.44 bits per heavy atom. The standard InChI is InChI=1S/C14H22ClN/c1-6-16-13(14(3,4)5)12-9-11(15)8-7-10(12)2/h7-9,13,16H,6H2,1-5H3. The average molecular weight is 240 g/mol. The van der Waals surface area contributed by atoms with Gasteiger partial charge in [-0.1, -0.05) is 45.4 Å². The highest BCUT2D eigenvalue weighted by Gasteiger charge is 2.26. The Balaban J connectivity index is 3.15. The zero-order valence-electron chi connectivity index (χ0n) is 10.9. The molecule has 0 saturated heterocycles. The molecule has 0 saturated carbocycles. The third kappa shape index (κ3) is 3.23. The van der Waals surface area contributed by atoms with Gasteiger partial charge in [0.2, 0.25) is 0 Å². The van der Waals surface area contributed by atoms with Gasteiger partial charge in [0.25, 0.3) is 0 Å². The van der Waals surface area contributed by atoms with Gasteiger partial charge in [0, 0.05) is 11.1 Å². The number of aryl methyl sites for hydroxylation is 1. The largest absolute Gasteiger partial charge is 0.310 e. The number of nitrogens with one attached hydrogen (secondary N) is 1. The van der Waals surface area contributed by atoms with Crippen LogP contribution in [0, 0.1) is 12.3 Å². The van der Waals surface area contributed by atoms with Gasteiger partial charge in [0.05, 0.1) is 0 Å². The van der Waals surface area contributed by atoms with E-state index in [-0.39, 0.29) is 5.41 Å². The topological polar surface area (TPSA) is 12.0 Å². The van der Waals surface area contributed by atoms with Gasteiger partial charge in [-0.2, -0.15) is 0 Å². The molecule has 0 aromatic heterocycles. The van der Waals surface area contributed by atoms with Crippen LogP contribution in [0.25, 0.3) is 0 Å². The lowest BCUT2D eigenvalue weighted by atomic mass is 9.81. The van der Waals surface area contributed by atoms with Crippen molar-refractivity contribution in [2.45, 2.75) is 40.7 Å². The van der Waals surface area contributed by atoms with Gasteiger partial charge in [-0.05, 0) is 42.1 Å². The fourth-order valence-corrected chi connectivity index (χ4v) is 2.19. The molecule has 0 aliphatic rings. The van der Waals surface area contributed by atoms with E-state index in [0.717, 1.165) is 11.6 Å². The van der Waals surface area contributed by atoms with Crippen molar-refractivity contribution in [2.75, 3.05) is 6.54 Å². The third-order valence-corrected chi connectivity index (χ3v) is 3.06. The van der Waals surface area contributed by atoms with E-state index in [2.05, 4.69) is 52.1 Å². The lowest BCUT2D eigenvalue weighted by molar-refractivity contribution is 0.276. The molecule has 16 heavy (non-hydrogen) atoms. The summed E-state index contributed by atoms with van der Waals surface area (Å²) in [6, 6.07) is 6.46. The second kappa shape index (κ2) is 5.20. The number of hydrogen-bond acceptors (Lipinski definition) is 1. The number of benzene rings is 1. The van der Waals surface area contributed by atoms with E-state index in [1.807, 2.05) is 6.07 Å². The quantitative estimate of drug-likeness (QED) is 0.827. The lowest BCUT2D eigenvalue weighted by Gasteiger charge is -2.33. The van der Waals surface area contributed by atoms with Gasteiger partial charge in [-0.15, -0.1) is 0 Å². The summed E-state index contributed by atoms with van der Waals surface area (Å²) < 4.78 is 0. The summed E-state index contributed by atoms with van der Waals surface area (Å²) in [5.41, 5.74) is 2.79. The van der Waals surface area contributed by atoms with Gasteiger partial charge in [-0.25, -0.2) is 0 Å². The summed E-state index contributed by atoms with van der Waals surface area (Å²) in [5, 5.41) is 4.36. The minimum Gasteiger partial charge on any atom is -0.310 e. The normalized spacial score (nSPS) is 13.9. The Morgan fingerprint density at radius 2 is 1.94 bits per heavy atom. The summed E-state index contributed by atoms with van der Waals surface area (Å²) in [4.78, 5) is 0. The fourth-order valence-electron chi connectivity index (χ4n) is 2.01. The second-order valence-electron chi connectivity index (χ2n) is 5.36. The highest BCUT2D eigenvalue weighted by Crippen LogP contribution is 2.35. The van der Waals surface area contributed by atoms with Crippen LogP contribution in [-0.4, -0.2) is 6.54 Å². The van der Waals surface area contributed by atoms with Gasteiger partial charge in [-0.3, -0.25) is 0 Å². The maximum absolute atomic E-state index is 6.08. The van der Waals surface area contributed by atoms with Crippen molar-refractivity contribution >= 4 is 11.6 Å². The number of hydrogen-bond donors (Lipinski definition) is 1. The molecule has 0 amide bonds. The average Bonchev–Trinajstić information content (AvgIpc) is 2.17. The molecule has 0 spiro atoms. The highest BCUT2D eigenvalue weighted by atomic mass is 35.5. The first-order valence-electron chi connectivity index (χ1n) is 5.85. The van der Waals surface area contributed by atoms with Crippen molar-refractivity contribution in [3.8, 4) is 0 Å². The van der Waals surface area contributed by atoms with E-state index in [9.17, 15) is 0 Å². The second-order valence-corrected chi connectivity index (χ2v) is 5.79. The van der Waals surface area contributed by atoms with Crippen molar-refractivity contribution in [1.82, 2.24) is 5.32 Å². The highest BCUT2D eigenvalue weighted by molar-refractivity contribution is 6.30. The summed E-state index contributed by atoms with van der Waals surface area (Å²) in [7, 11) is 0. The molecule has 1 rings (SSSR count). The Hall–Kier alpha value is -0.530. The van der Waals surface area contributed by atoms with E-state index < -0.39 is 0 Å². The van der Waals surface area contributed by atoms with Crippen LogP contribution in [0.4, 0.5) is 0 Å². The van der Waals surface area contributed by atoms with Crippen LogP contribution in [0.5, 0.6) is 0 Å². The Bertz CT molecular complexity index is 352. The van der Waals surface area contributed by atoms with Crippen molar-refractivity contribution < 1.29 is 0 Å². The molecule has 1 aromatic rings. The molecule has 0 radical (unpaired) electrons. The maximum Gasteiger partial charge on any atom is 0.0409 e. The Kier molecular flexibility index (Phi) is 4.40. The molecule has 1 atom stereocenters. The van der Waals surface area contributed by atoms with Crippen molar-refractivity contribution in [3.63, 3.8) is 0 Å². The van der Waals surface area contributed by atoms with E-state index in [1.54, 1.807) is 0 Å². The van der Waals surface area contributed by atoms with Crippen molar-refractivity contribution in [1.29, 1.82) is 0 Å². The van der Waals surface area contributed by atoms with Crippen molar-refractivity contribution in [3.05, 3.63) is 34.3 Å². The molecule has 0 fully saturated rings. The predicted octanol–water partition coefficient (Wildman–Crippen LogP) is 4.35. The molecule has 0 heterocycles. The Labute approximate surface area is 104 Å². The first kappa shape index (κ1) is 13.5. The van der Waals surface area contributed by atoms with Crippen LogP contribution < -0.4 is 5.32 Å². The molecule has 0 bridgehead atoms. The molecular weight excluding hydrogens is 218 g/mol.